The summed E-state index contributed by atoms with van der Waals surface area (Å²) in [7, 11) is 0. The fraction of sp³-hybridized carbons (Fsp3) is 0.500. The first-order valence-electron chi connectivity index (χ1n) is 6.34. The highest BCUT2D eigenvalue weighted by Gasteiger charge is 2.23. The van der Waals surface area contributed by atoms with Crippen molar-refractivity contribution in [3.63, 3.8) is 0 Å². The van der Waals surface area contributed by atoms with Gasteiger partial charge in [0.05, 0.1) is 17.3 Å². The fourth-order valence-electron chi connectivity index (χ4n) is 2.52. The lowest BCUT2D eigenvalue weighted by atomic mass is 10.1. The normalized spacial score (nSPS) is 20.8. The molecule has 0 aromatic heterocycles. The molecule has 1 aliphatic heterocycles. The highest BCUT2D eigenvalue weighted by Crippen LogP contribution is 2.29. The SMILES string of the molecule is CCN1CCN(c2ccc(C#N)cc2Br)CC1C. The van der Waals surface area contributed by atoms with Crippen LogP contribution >= 0.6 is 15.9 Å². The number of piperazine rings is 1. The monoisotopic (exact) mass is 307 g/mol. The van der Waals surface area contributed by atoms with E-state index in [1.54, 1.807) is 0 Å². The Morgan fingerprint density at radius 3 is 2.78 bits per heavy atom. The quantitative estimate of drug-likeness (QED) is 0.841. The van der Waals surface area contributed by atoms with Gasteiger partial charge in [-0.05, 0) is 47.6 Å². The third kappa shape index (κ3) is 2.68. The second kappa shape index (κ2) is 5.73. The third-order valence-electron chi connectivity index (χ3n) is 3.59. The Labute approximate surface area is 117 Å². The number of nitrogens with zero attached hydrogens (tertiary/aromatic N) is 3. The molecule has 1 saturated heterocycles. The summed E-state index contributed by atoms with van der Waals surface area (Å²) in [6.07, 6.45) is 0. The van der Waals surface area contributed by atoms with Crippen LogP contribution in [0.1, 0.15) is 19.4 Å². The van der Waals surface area contributed by atoms with Gasteiger partial charge in [-0.15, -0.1) is 0 Å². The van der Waals surface area contributed by atoms with Gasteiger partial charge in [-0.1, -0.05) is 6.92 Å². The molecule has 0 amide bonds. The molecule has 4 heteroatoms. The van der Waals surface area contributed by atoms with Crippen LogP contribution in [0.25, 0.3) is 0 Å². The molecule has 1 fully saturated rings. The summed E-state index contributed by atoms with van der Waals surface area (Å²) in [5, 5.41) is 8.88. The summed E-state index contributed by atoms with van der Waals surface area (Å²) in [6.45, 7) is 8.78. The summed E-state index contributed by atoms with van der Waals surface area (Å²) >= 11 is 3.57. The van der Waals surface area contributed by atoms with Crippen LogP contribution in [0.15, 0.2) is 22.7 Å². The van der Waals surface area contributed by atoms with Gasteiger partial charge in [0, 0.05) is 30.1 Å². The van der Waals surface area contributed by atoms with E-state index >= 15 is 0 Å². The lowest BCUT2D eigenvalue weighted by molar-refractivity contribution is 0.199. The maximum absolute atomic E-state index is 8.88. The first-order chi connectivity index (χ1) is 8.65. The average Bonchev–Trinajstić information content (AvgIpc) is 2.38. The van der Waals surface area contributed by atoms with Crippen molar-refractivity contribution in [2.45, 2.75) is 19.9 Å². The van der Waals surface area contributed by atoms with Crippen molar-refractivity contribution in [1.82, 2.24) is 4.90 Å². The number of hydrogen-bond donors (Lipinski definition) is 0. The van der Waals surface area contributed by atoms with Crippen LogP contribution in [-0.2, 0) is 0 Å². The number of anilines is 1. The van der Waals surface area contributed by atoms with E-state index in [0.717, 1.165) is 30.7 Å². The Morgan fingerprint density at radius 2 is 2.22 bits per heavy atom. The summed E-state index contributed by atoms with van der Waals surface area (Å²) in [6, 6.07) is 8.56. The standard InChI is InChI=1S/C14H18BrN3/c1-3-17-6-7-18(10-11(17)2)14-5-4-12(9-16)8-13(14)15/h4-5,8,11H,3,6-7,10H2,1-2H3. The molecule has 1 unspecified atom stereocenters. The van der Waals surface area contributed by atoms with Gasteiger partial charge in [0.25, 0.3) is 0 Å². The highest BCUT2D eigenvalue weighted by molar-refractivity contribution is 9.10. The van der Waals surface area contributed by atoms with E-state index in [0.29, 0.717) is 11.6 Å². The van der Waals surface area contributed by atoms with Crippen molar-refractivity contribution < 1.29 is 0 Å². The van der Waals surface area contributed by atoms with E-state index in [4.69, 9.17) is 5.26 Å². The first kappa shape index (κ1) is 13.4. The number of rotatable bonds is 2. The van der Waals surface area contributed by atoms with Crippen molar-refractivity contribution in [3.8, 4) is 6.07 Å². The molecule has 1 atom stereocenters. The number of benzene rings is 1. The molecule has 0 aliphatic carbocycles. The van der Waals surface area contributed by atoms with E-state index in [-0.39, 0.29) is 0 Å². The van der Waals surface area contributed by atoms with Crippen LogP contribution in [0.2, 0.25) is 0 Å². The van der Waals surface area contributed by atoms with Gasteiger partial charge in [0.1, 0.15) is 0 Å². The minimum Gasteiger partial charge on any atom is -0.368 e. The molecule has 1 heterocycles. The maximum Gasteiger partial charge on any atom is 0.0992 e. The Kier molecular flexibility index (Phi) is 4.26. The molecular weight excluding hydrogens is 290 g/mol. The molecule has 0 bridgehead atoms. The summed E-state index contributed by atoms with van der Waals surface area (Å²) in [5.41, 5.74) is 1.89. The lowest BCUT2D eigenvalue weighted by Crippen LogP contribution is -2.51. The highest BCUT2D eigenvalue weighted by atomic mass is 79.9. The second-order valence-electron chi connectivity index (χ2n) is 4.70. The average molecular weight is 308 g/mol. The van der Waals surface area contributed by atoms with Crippen molar-refractivity contribution in [2.24, 2.45) is 0 Å². The smallest absolute Gasteiger partial charge is 0.0992 e. The maximum atomic E-state index is 8.88. The van der Waals surface area contributed by atoms with Gasteiger partial charge >= 0.3 is 0 Å². The van der Waals surface area contributed by atoms with E-state index in [9.17, 15) is 0 Å². The number of nitriles is 1. The Balaban J connectivity index is 2.16. The van der Waals surface area contributed by atoms with Crippen LogP contribution in [0.5, 0.6) is 0 Å². The summed E-state index contributed by atoms with van der Waals surface area (Å²) in [5.74, 6) is 0. The van der Waals surface area contributed by atoms with E-state index in [2.05, 4.69) is 45.6 Å². The summed E-state index contributed by atoms with van der Waals surface area (Å²) < 4.78 is 1.01. The molecule has 0 saturated carbocycles. The Bertz CT molecular complexity index is 467. The topological polar surface area (TPSA) is 30.3 Å². The van der Waals surface area contributed by atoms with Gasteiger partial charge in [0.15, 0.2) is 0 Å². The molecule has 1 aromatic carbocycles. The van der Waals surface area contributed by atoms with Crippen LogP contribution in [0.3, 0.4) is 0 Å². The van der Waals surface area contributed by atoms with Gasteiger partial charge in [-0.2, -0.15) is 5.26 Å². The van der Waals surface area contributed by atoms with Crippen molar-refractivity contribution in [2.75, 3.05) is 31.1 Å². The molecule has 0 spiro atoms. The molecule has 3 nitrogen and oxygen atoms in total. The zero-order valence-corrected chi connectivity index (χ0v) is 12.4. The second-order valence-corrected chi connectivity index (χ2v) is 5.56. The van der Waals surface area contributed by atoms with Crippen molar-refractivity contribution >= 4 is 21.6 Å². The first-order valence-corrected chi connectivity index (χ1v) is 7.13. The number of likely N-dealkylation sites (N-methyl/N-ethyl adjacent to an activating group) is 1. The Hall–Kier alpha value is -1.05. The van der Waals surface area contributed by atoms with Crippen molar-refractivity contribution in [1.29, 1.82) is 5.26 Å². The van der Waals surface area contributed by atoms with Gasteiger partial charge < -0.3 is 4.90 Å². The number of hydrogen-bond acceptors (Lipinski definition) is 3. The largest absolute Gasteiger partial charge is 0.368 e. The predicted molar refractivity (Wildman–Crippen MR) is 77.8 cm³/mol. The van der Waals surface area contributed by atoms with Gasteiger partial charge in [0.2, 0.25) is 0 Å². The van der Waals surface area contributed by atoms with Crippen LogP contribution in [-0.4, -0.2) is 37.1 Å². The molecule has 0 N–H and O–H groups in total. The zero-order chi connectivity index (χ0) is 13.1. The van der Waals surface area contributed by atoms with E-state index < -0.39 is 0 Å². The molecule has 0 radical (unpaired) electrons. The molecule has 1 aliphatic rings. The van der Waals surface area contributed by atoms with Crippen LogP contribution in [0.4, 0.5) is 5.69 Å². The molecule has 96 valence electrons. The molecule has 1 aromatic rings. The molecular formula is C14H18BrN3. The van der Waals surface area contributed by atoms with Crippen LogP contribution in [0, 0.1) is 11.3 Å². The van der Waals surface area contributed by atoms with Crippen molar-refractivity contribution in [3.05, 3.63) is 28.2 Å². The lowest BCUT2D eigenvalue weighted by Gasteiger charge is -2.40. The van der Waals surface area contributed by atoms with Gasteiger partial charge in [-0.25, -0.2) is 0 Å². The van der Waals surface area contributed by atoms with E-state index in [1.807, 2.05) is 18.2 Å². The molecule has 2 rings (SSSR count). The minimum atomic E-state index is 0.575. The van der Waals surface area contributed by atoms with Crippen LogP contribution < -0.4 is 4.90 Å². The number of halogens is 1. The summed E-state index contributed by atoms with van der Waals surface area (Å²) in [4.78, 5) is 4.89. The Morgan fingerprint density at radius 1 is 1.44 bits per heavy atom. The predicted octanol–water partition coefficient (Wildman–Crippen LogP) is 2.85. The zero-order valence-electron chi connectivity index (χ0n) is 10.9. The fourth-order valence-corrected chi connectivity index (χ4v) is 3.15. The third-order valence-corrected chi connectivity index (χ3v) is 4.22. The van der Waals surface area contributed by atoms with Gasteiger partial charge in [-0.3, -0.25) is 4.90 Å². The van der Waals surface area contributed by atoms with E-state index in [1.165, 1.54) is 5.69 Å². The minimum absolute atomic E-state index is 0.575. The molecule has 18 heavy (non-hydrogen) atoms.